The number of nitrogens with one attached hydrogen (secondary N) is 1. The number of aryl methyl sites for hydroxylation is 1. The van der Waals surface area contributed by atoms with Crippen LogP contribution in [-0.4, -0.2) is 24.6 Å². The van der Waals surface area contributed by atoms with Gasteiger partial charge in [0.2, 0.25) is 0 Å². The van der Waals surface area contributed by atoms with E-state index in [1.807, 2.05) is 11.3 Å². The molecule has 2 heterocycles. The smallest absolute Gasteiger partial charge is 0.185 e. The minimum Gasteiger partial charge on any atom is -0.348 e. The fourth-order valence-corrected chi connectivity index (χ4v) is 3.83. The van der Waals surface area contributed by atoms with E-state index in [1.165, 1.54) is 54.5 Å². The summed E-state index contributed by atoms with van der Waals surface area (Å²) in [6.45, 7) is 11.2. The van der Waals surface area contributed by atoms with Gasteiger partial charge in [-0.2, -0.15) is 0 Å². The van der Waals surface area contributed by atoms with E-state index in [1.54, 1.807) is 0 Å². The number of thiazole rings is 1. The van der Waals surface area contributed by atoms with E-state index in [0.717, 1.165) is 19.5 Å². The van der Waals surface area contributed by atoms with E-state index < -0.39 is 0 Å². The lowest BCUT2D eigenvalue weighted by Gasteiger charge is -2.18. The molecule has 0 atom stereocenters. The Morgan fingerprint density at radius 1 is 1.20 bits per heavy atom. The molecular formula is C16H29N3S. The van der Waals surface area contributed by atoms with Crippen LogP contribution < -0.4 is 10.2 Å². The second-order valence-corrected chi connectivity index (χ2v) is 7.21. The Labute approximate surface area is 127 Å². The Kier molecular flexibility index (Phi) is 6.30. The molecule has 1 fully saturated rings. The van der Waals surface area contributed by atoms with E-state index in [9.17, 15) is 0 Å². The van der Waals surface area contributed by atoms with Gasteiger partial charge in [0.05, 0.1) is 5.69 Å². The molecule has 0 radical (unpaired) electrons. The average molecular weight is 295 g/mol. The van der Waals surface area contributed by atoms with Crippen LogP contribution in [0.5, 0.6) is 0 Å². The third-order valence-corrected chi connectivity index (χ3v) is 4.97. The molecule has 1 saturated heterocycles. The molecule has 0 aliphatic carbocycles. The van der Waals surface area contributed by atoms with E-state index >= 15 is 0 Å². The van der Waals surface area contributed by atoms with Crippen molar-refractivity contribution >= 4 is 16.5 Å². The number of nitrogens with zero attached hydrogens (tertiary/aromatic N) is 2. The molecule has 0 bridgehead atoms. The molecule has 0 unspecified atom stereocenters. The maximum Gasteiger partial charge on any atom is 0.185 e. The summed E-state index contributed by atoms with van der Waals surface area (Å²) in [6, 6.07) is 0. The zero-order valence-corrected chi connectivity index (χ0v) is 14.1. The van der Waals surface area contributed by atoms with Gasteiger partial charge in [-0.05, 0) is 31.7 Å². The van der Waals surface area contributed by atoms with Gasteiger partial charge in [-0.3, -0.25) is 0 Å². The summed E-state index contributed by atoms with van der Waals surface area (Å²) in [5.41, 5.74) is 1.30. The van der Waals surface area contributed by atoms with Crippen molar-refractivity contribution in [2.24, 2.45) is 5.92 Å². The van der Waals surface area contributed by atoms with Crippen LogP contribution in [0.1, 0.15) is 57.0 Å². The fourth-order valence-electron chi connectivity index (χ4n) is 2.66. The van der Waals surface area contributed by atoms with Crippen LogP contribution in [0, 0.1) is 5.92 Å². The van der Waals surface area contributed by atoms with E-state index in [0.29, 0.717) is 5.92 Å². The zero-order chi connectivity index (χ0) is 14.4. The summed E-state index contributed by atoms with van der Waals surface area (Å²) in [5, 5.41) is 4.81. The van der Waals surface area contributed by atoms with E-state index in [4.69, 9.17) is 4.98 Å². The van der Waals surface area contributed by atoms with Gasteiger partial charge < -0.3 is 10.2 Å². The maximum atomic E-state index is 4.90. The van der Waals surface area contributed by atoms with Gasteiger partial charge in [-0.1, -0.05) is 33.6 Å². The first-order valence-electron chi connectivity index (χ1n) is 8.15. The SMILES string of the molecule is CCc1nc(N2CCCCCC2)sc1CNCC(C)C. The monoisotopic (exact) mass is 295 g/mol. The fraction of sp³-hybridized carbons (Fsp3) is 0.812. The molecule has 0 spiro atoms. The summed E-state index contributed by atoms with van der Waals surface area (Å²) >= 11 is 1.90. The molecule has 3 nitrogen and oxygen atoms in total. The molecule has 0 aromatic carbocycles. The highest BCUT2D eigenvalue weighted by molar-refractivity contribution is 7.15. The molecular weight excluding hydrogens is 266 g/mol. The van der Waals surface area contributed by atoms with Crippen molar-refractivity contribution in [2.45, 2.75) is 59.4 Å². The highest BCUT2D eigenvalue weighted by Crippen LogP contribution is 2.28. The predicted molar refractivity (Wildman–Crippen MR) is 88.7 cm³/mol. The molecule has 1 aliphatic heterocycles. The average Bonchev–Trinajstić information content (AvgIpc) is 2.65. The van der Waals surface area contributed by atoms with Crippen LogP contribution in [0.3, 0.4) is 0 Å². The van der Waals surface area contributed by atoms with Gasteiger partial charge in [-0.25, -0.2) is 4.98 Å². The topological polar surface area (TPSA) is 28.2 Å². The molecule has 0 amide bonds. The molecule has 0 saturated carbocycles. The highest BCUT2D eigenvalue weighted by Gasteiger charge is 2.16. The summed E-state index contributed by atoms with van der Waals surface area (Å²) in [6.07, 6.45) is 6.45. The van der Waals surface area contributed by atoms with Gasteiger partial charge >= 0.3 is 0 Å². The van der Waals surface area contributed by atoms with Crippen LogP contribution in [0.25, 0.3) is 0 Å². The van der Waals surface area contributed by atoms with E-state index in [2.05, 4.69) is 31.0 Å². The van der Waals surface area contributed by atoms with Crippen LogP contribution in [-0.2, 0) is 13.0 Å². The lowest BCUT2D eigenvalue weighted by Crippen LogP contribution is -2.23. The molecule has 114 valence electrons. The first-order chi connectivity index (χ1) is 9.70. The highest BCUT2D eigenvalue weighted by atomic mass is 32.1. The number of anilines is 1. The summed E-state index contributed by atoms with van der Waals surface area (Å²) in [7, 11) is 0. The van der Waals surface area contributed by atoms with Gasteiger partial charge in [-0.15, -0.1) is 11.3 Å². The predicted octanol–water partition coefficient (Wildman–Crippen LogP) is 3.83. The Morgan fingerprint density at radius 3 is 2.50 bits per heavy atom. The number of hydrogen-bond acceptors (Lipinski definition) is 4. The molecule has 1 aliphatic rings. The Morgan fingerprint density at radius 2 is 1.90 bits per heavy atom. The van der Waals surface area contributed by atoms with Gasteiger partial charge in [0.1, 0.15) is 0 Å². The third-order valence-electron chi connectivity index (χ3n) is 3.82. The number of hydrogen-bond donors (Lipinski definition) is 1. The normalized spacial score (nSPS) is 16.7. The first kappa shape index (κ1) is 15.8. The van der Waals surface area contributed by atoms with Crippen LogP contribution in [0.2, 0.25) is 0 Å². The number of aromatic nitrogens is 1. The Balaban J connectivity index is 2.01. The molecule has 1 aromatic rings. The third kappa shape index (κ3) is 4.45. The summed E-state index contributed by atoms with van der Waals surface area (Å²) < 4.78 is 0. The second-order valence-electron chi connectivity index (χ2n) is 6.15. The minimum absolute atomic E-state index is 0.707. The zero-order valence-electron chi connectivity index (χ0n) is 13.2. The Bertz CT molecular complexity index is 392. The van der Waals surface area contributed by atoms with E-state index in [-0.39, 0.29) is 0 Å². The van der Waals surface area contributed by atoms with Crippen molar-refractivity contribution in [3.63, 3.8) is 0 Å². The van der Waals surface area contributed by atoms with Gasteiger partial charge in [0, 0.05) is 24.5 Å². The van der Waals surface area contributed by atoms with Crippen molar-refractivity contribution in [1.82, 2.24) is 10.3 Å². The molecule has 1 N–H and O–H groups in total. The number of rotatable bonds is 6. The van der Waals surface area contributed by atoms with Crippen molar-refractivity contribution in [2.75, 3.05) is 24.5 Å². The quantitative estimate of drug-likeness (QED) is 0.864. The summed E-state index contributed by atoms with van der Waals surface area (Å²) in [5.74, 6) is 0.707. The van der Waals surface area contributed by atoms with Crippen molar-refractivity contribution in [3.05, 3.63) is 10.6 Å². The largest absolute Gasteiger partial charge is 0.348 e. The maximum absolute atomic E-state index is 4.90. The Hall–Kier alpha value is -0.610. The van der Waals surface area contributed by atoms with Crippen molar-refractivity contribution in [3.8, 4) is 0 Å². The molecule has 1 aromatic heterocycles. The molecule has 20 heavy (non-hydrogen) atoms. The van der Waals surface area contributed by atoms with Crippen molar-refractivity contribution < 1.29 is 0 Å². The van der Waals surface area contributed by atoms with Crippen LogP contribution >= 0.6 is 11.3 Å². The lowest BCUT2D eigenvalue weighted by molar-refractivity contribution is 0.553. The van der Waals surface area contributed by atoms with Crippen LogP contribution in [0.4, 0.5) is 5.13 Å². The summed E-state index contributed by atoms with van der Waals surface area (Å²) in [4.78, 5) is 8.84. The van der Waals surface area contributed by atoms with Gasteiger partial charge in [0.15, 0.2) is 5.13 Å². The minimum atomic E-state index is 0.707. The first-order valence-corrected chi connectivity index (χ1v) is 8.96. The van der Waals surface area contributed by atoms with Gasteiger partial charge in [0.25, 0.3) is 0 Å². The van der Waals surface area contributed by atoms with Crippen LogP contribution in [0.15, 0.2) is 0 Å². The molecule has 2 rings (SSSR count). The standard InChI is InChI=1S/C16H29N3S/c1-4-14-15(12-17-11-13(2)3)20-16(18-14)19-9-7-5-6-8-10-19/h13,17H,4-12H2,1-3H3. The van der Waals surface area contributed by atoms with Crippen molar-refractivity contribution in [1.29, 1.82) is 0 Å². The lowest BCUT2D eigenvalue weighted by atomic mass is 10.2. The second kappa shape index (κ2) is 7.99. The molecule has 4 heteroatoms.